The number of halogens is 3. The van der Waals surface area contributed by atoms with Crippen molar-refractivity contribution < 1.29 is 32.2 Å². The highest BCUT2D eigenvalue weighted by Crippen LogP contribution is 2.48. The highest BCUT2D eigenvalue weighted by atomic mass is 19.4. The number of nitrogens with one attached hydrogen (secondary N) is 1. The molecule has 2 aliphatic rings. The van der Waals surface area contributed by atoms with Crippen LogP contribution in [0.4, 0.5) is 23.7 Å². The maximum atomic E-state index is 13.4. The number of anilines is 1. The predicted octanol–water partition coefficient (Wildman–Crippen LogP) is 3.41. The fourth-order valence-corrected chi connectivity index (χ4v) is 3.29. The van der Waals surface area contributed by atoms with Gasteiger partial charge in [0.25, 0.3) is 5.91 Å². The van der Waals surface area contributed by atoms with Gasteiger partial charge in [0.05, 0.1) is 24.7 Å². The Morgan fingerprint density at radius 2 is 1.83 bits per heavy atom. The first kappa shape index (κ1) is 20.1. The third-order valence-corrected chi connectivity index (χ3v) is 5.09. The smallest absolute Gasteiger partial charge is 0.421 e. The molecule has 2 aliphatic heterocycles. The normalized spacial score (nSPS) is 22.8. The van der Waals surface area contributed by atoms with E-state index in [1.807, 2.05) is 0 Å². The summed E-state index contributed by atoms with van der Waals surface area (Å²) in [5, 5.41) is 2.54. The summed E-state index contributed by atoms with van der Waals surface area (Å²) in [6, 6.07) is 3.46. The van der Waals surface area contributed by atoms with E-state index in [1.54, 1.807) is 13.8 Å². The van der Waals surface area contributed by atoms with E-state index < -0.39 is 29.3 Å². The van der Waals surface area contributed by atoms with Crippen molar-refractivity contribution in [2.45, 2.75) is 44.7 Å². The fraction of sp³-hybridized carbons (Fsp3) is 0.368. The predicted molar refractivity (Wildman–Crippen MR) is 96.8 cm³/mol. The van der Waals surface area contributed by atoms with Crippen LogP contribution in [-0.2, 0) is 21.7 Å². The molecule has 30 heavy (non-hydrogen) atoms. The molecule has 0 aliphatic carbocycles. The first-order valence-corrected chi connectivity index (χ1v) is 8.93. The highest BCUT2D eigenvalue weighted by Gasteiger charge is 2.57. The maximum Gasteiger partial charge on any atom is 0.421 e. The van der Waals surface area contributed by atoms with Gasteiger partial charge in [0, 0.05) is 5.56 Å². The molecule has 1 fully saturated rings. The van der Waals surface area contributed by atoms with E-state index in [-0.39, 0.29) is 29.6 Å². The van der Waals surface area contributed by atoms with Gasteiger partial charge in [-0.25, -0.2) is 19.7 Å². The second-order valence-electron chi connectivity index (χ2n) is 7.66. The fourth-order valence-electron chi connectivity index (χ4n) is 3.29. The molecule has 1 aromatic carbocycles. The third kappa shape index (κ3) is 3.05. The molecule has 11 heteroatoms. The van der Waals surface area contributed by atoms with E-state index in [4.69, 9.17) is 9.47 Å². The van der Waals surface area contributed by atoms with Gasteiger partial charge in [0.1, 0.15) is 11.3 Å². The molecule has 2 aromatic rings. The summed E-state index contributed by atoms with van der Waals surface area (Å²) in [5.74, 6) is -0.367. The van der Waals surface area contributed by atoms with E-state index in [9.17, 15) is 22.8 Å². The van der Waals surface area contributed by atoms with Gasteiger partial charge in [-0.2, -0.15) is 13.2 Å². The first-order chi connectivity index (χ1) is 13.9. The van der Waals surface area contributed by atoms with Gasteiger partial charge in [-0.3, -0.25) is 4.79 Å². The summed E-state index contributed by atoms with van der Waals surface area (Å²) < 4.78 is 50.8. The Morgan fingerprint density at radius 1 is 1.17 bits per heavy atom. The number of hydrogen-bond acceptors (Lipinski definition) is 6. The quantitative estimate of drug-likeness (QED) is 0.762. The van der Waals surface area contributed by atoms with Crippen molar-refractivity contribution in [3.8, 4) is 11.8 Å². The number of alkyl halides is 3. The molecule has 1 saturated heterocycles. The average molecular weight is 422 g/mol. The zero-order chi connectivity index (χ0) is 21.9. The second-order valence-corrected chi connectivity index (χ2v) is 7.66. The standard InChI is InChI=1S/C19H17F3N4O4/c1-17(2)14(27)26(16(28)25-17)11-7-23-15(24-8-11)30-12-5-4-10-9-29-18(3,13(10)6-12)19(20,21)22/h4-8H,9H2,1-3H3,(H,25,28)/t18-/m0/s1. The number of carbonyl (C=O) groups excluding carboxylic acids is 2. The van der Waals surface area contributed by atoms with Crippen LogP contribution in [0.25, 0.3) is 0 Å². The molecular formula is C19H17F3N4O4. The van der Waals surface area contributed by atoms with Crippen LogP contribution in [0.5, 0.6) is 11.8 Å². The molecule has 0 unspecified atom stereocenters. The topological polar surface area (TPSA) is 93.7 Å². The summed E-state index contributed by atoms with van der Waals surface area (Å²) in [6.07, 6.45) is -2.15. The number of imide groups is 1. The Morgan fingerprint density at radius 3 is 2.40 bits per heavy atom. The molecule has 0 saturated carbocycles. The largest absolute Gasteiger partial charge is 0.424 e. The lowest BCUT2D eigenvalue weighted by molar-refractivity contribution is -0.272. The van der Waals surface area contributed by atoms with Crippen LogP contribution in [0.3, 0.4) is 0 Å². The Labute approximate surface area is 169 Å². The molecule has 0 spiro atoms. The van der Waals surface area contributed by atoms with Gasteiger partial charge in [0.2, 0.25) is 0 Å². The number of ether oxygens (including phenoxy) is 2. The van der Waals surface area contributed by atoms with Gasteiger partial charge >= 0.3 is 18.2 Å². The number of rotatable bonds is 3. The van der Waals surface area contributed by atoms with Gasteiger partial charge in [-0.05, 0) is 38.5 Å². The Hall–Kier alpha value is -3.21. The monoisotopic (exact) mass is 422 g/mol. The molecule has 158 valence electrons. The van der Waals surface area contributed by atoms with E-state index in [1.165, 1.54) is 30.6 Å². The minimum Gasteiger partial charge on any atom is -0.424 e. The van der Waals surface area contributed by atoms with Gasteiger partial charge in [-0.1, -0.05) is 6.07 Å². The number of amides is 3. The third-order valence-electron chi connectivity index (χ3n) is 5.09. The zero-order valence-corrected chi connectivity index (χ0v) is 16.2. The number of hydrogen-bond donors (Lipinski definition) is 1. The Kier molecular flexibility index (Phi) is 4.28. The Bertz CT molecular complexity index is 1040. The van der Waals surface area contributed by atoms with Crippen LogP contribution in [0, 0.1) is 0 Å². The average Bonchev–Trinajstić information content (AvgIpc) is 3.10. The molecular weight excluding hydrogens is 405 g/mol. The number of urea groups is 1. The van der Waals surface area contributed by atoms with E-state index in [0.29, 0.717) is 5.56 Å². The molecule has 1 atom stereocenters. The van der Waals surface area contributed by atoms with E-state index >= 15 is 0 Å². The molecule has 1 aromatic heterocycles. The van der Waals surface area contributed by atoms with Gasteiger partial charge < -0.3 is 14.8 Å². The van der Waals surface area contributed by atoms with Gasteiger partial charge in [0.15, 0.2) is 5.60 Å². The number of nitrogens with zero attached hydrogens (tertiary/aromatic N) is 3. The number of fused-ring (bicyclic) bond motifs is 1. The van der Waals surface area contributed by atoms with Crippen LogP contribution in [-0.4, -0.2) is 33.6 Å². The van der Waals surface area contributed by atoms with Crippen molar-refractivity contribution in [2.24, 2.45) is 0 Å². The van der Waals surface area contributed by atoms with Crippen LogP contribution in [0.15, 0.2) is 30.6 Å². The molecule has 4 rings (SSSR count). The van der Waals surface area contributed by atoms with Crippen molar-refractivity contribution in [3.63, 3.8) is 0 Å². The molecule has 3 amide bonds. The van der Waals surface area contributed by atoms with Crippen LogP contribution >= 0.6 is 0 Å². The van der Waals surface area contributed by atoms with Crippen LogP contribution in [0.1, 0.15) is 31.9 Å². The molecule has 0 bridgehead atoms. The summed E-state index contributed by atoms with van der Waals surface area (Å²) in [7, 11) is 0. The van der Waals surface area contributed by atoms with E-state index in [0.717, 1.165) is 11.8 Å². The van der Waals surface area contributed by atoms with Gasteiger partial charge in [-0.15, -0.1) is 0 Å². The molecule has 1 N–H and O–H groups in total. The summed E-state index contributed by atoms with van der Waals surface area (Å²) in [4.78, 5) is 33.2. The summed E-state index contributed by atoms with van der Waals surface area (Å²) >= 11 is 0. The molecule has 0 radical (unpaired) electrons. The lowest BCUT2D eigenvalue weighted by Crippen LogP contribution is -2.40. The van der Waals surface area contributed by atoms with Crippen LogP contribution < -0.4 is 15.0 Å². The van der Waals surface area contributed by atoms with Crippen molar-refractivity contribution in [3.05, 3.63) is 41.7 Å². The minimum atomic E-state index is -4.59. The van der Waals surface area contributed by atoms with Crippen molar-refractivity contribution >= 4 is 17.6 Å². The zero-order valence-electron chi connectivity index (χ0n) is 16.2. The lowest BCUT2D eigenvalue weighted by atomic mass is 9.93. The van der Waals surface area contributed by atoms with E-state index in [2.05, 4.69) is 15.3 Å². The molecule has 8 nitrogen and oxygen atoms in total. The van der Waals surface area contributed by atoms with Crippen molar-refractivity contribution in [1.82, 2.24) is 15.3 Å². The van der Waals surface area contributed by atoms with Crippen LogP contribution in [0.2, 0.25) is 0 Å². The number of aromatic nitrogens is 2. The SMILES string of the molecule is CC1(C)NC(=O)N(c2cnc(Oc3ccc4c(c3)[C@@](C)(C(F)(F)F)OC4)nc2)C1=O. The second kappa shape index (κ2) is 6.39. The maximum absolute atomic E-state index is 13.4. The Balaban J connectivity index is 1.56. The highest BCUT2D eigenvalue weighted by molar-refractivity contribution is 6.22. The summed E-state index contributed by atoms with van der Waals surface area (Å²) in [5.41, 5.74) is -2.96. The molecule has 3 heterocycles. The van der Waals surface area contributed by atoms with Crippen molar-refractivity contribution in [2.75, 3.05) is 4.90 Å². The minimum absolute atomic E-state index is 0.0364. The number of carbonyl (C=O) groups is 2. The lowest BCUT2D eigenvalue weighted by Gasteiger charge is -2.27. The summed E-state index contributed by atoms with van der Waals surface area (Å²) in [6.45, 7) is 3.95. The first-order valence-electron chi connectivity index (χ1n) is 8.93. The number of benzene rings is 1. The van der Waals surface area contributed by atoms with Crippen molar-refractivity contribution in [1.29, 1.82) is 0 Å².